The van der Waals surface area contributed by atoms with E-state index in [-0.39, 0.29) is 5.12 Å². The Labute approximate surface area is 141 Å². The molecule has 0 radical (unpaired) electrons. The summed E-state index contributed by atoms with van der Waals surface area (Å²) < 4.78 is 6.42. The summed E-state index contributed by atoms with van der Waals surface area (Å²) in [6.07, 6.45) is 1.58. The molecule has 0 fully saturated rings. The van der Waals surface area contributed by atoms with Gasteiger partial charge in [0.25, 0.3) is 0 Å². The molecule has 0 saturated heterocycles. The highest BCUT2D eigenvalue weighted by Crippen LogP contribution is 2.48. The Bertz CT molecular complexity index is 716. The first-order valence-electron chi connectivity index (χ1n) is 7.96. The van der Waals surface area contributed by atoms with Gasteiger partial charge in [0.05, 0.1) is 5.57 Å². The van der Waals surface area contributed by atoms with E-state index in [1.165, 1.54) is 11.8 Å². The van der Waals surface area contributed by atoms with Crippen LogP contribution in [0, 0.1) is 0 Å². The highest BCUT2D eigenvalue weighted by atomic mass is 32.2. The van der Waals surface area contributed by atoms with Crippen molar-refractivity contribution in [2.24, 2.45) is 0 Å². The van der Waals surface area contributed by atoms with Gasteiger partial charge in [0.15, 0.2) is 4.93 Å². The maximum Gasteiger partial charge on any atom is 0.227 e. The van der Waals surface area contributed by atoms with E-state index < -0.39 is 4.93 Å². The van der Waals surface area contributed by atoms with Gasteiger partial charge in [-0.15, -0.1) is 0 Å². The summed E-state index contributed by atoms with van der Waals surface area (Å²) in [6.45, 7) is 4.14. The molecule has 23 heavy (non-hydrogen) atoms. The minimum Gasteiger partial charge on any atom is -0.475 e. The Morgan fingerprint density at radius 2 is 1.39 bits per heavy atom. The number of thioether (sulfide) groups is 1. The number of hydrogen-bond acceptors (Lipinski definition) is 3. The Balaban J connectivity index is 2.20. The van der Waals surface area contributed by atoms with Gasteiger partial charge in [-0.25, -0.2) is 0 Å². The first-order chi connectivity index (χ1) is 11.2. The van der Waals surface area contributed by atoms with E-state index in [4.69, 9.17) is 4.74 Å². The highest BCUT2D eigenvalue weighted by molar-refractivity contribution is 8.15. The van der Waals surface area contributed by atoms with Crippen molar-refractivity contribution in [3.63, 3.8) is 0 Å². The van der Waals surface area contributed by atoms with E-state index in [0.29, 0.717) is 11.3 Å². The van der Waals surface area contributed by atoms with Crippen LogP contribution in [0.5, 0.6) is 0 Å². The quantitative estimate of drug-likeness (QED) is 0.757. The standard InChI is InChI=1S/C20H20O2S/c1-3-20(4-2)22-18(16-13-9-6-10-14-16)17(19(21)23-20)15-11-7-5-8-12-15/h5-14H,3-4H2,1-2H3. The Kier molecular flexibility index (Phi) is 4.58. The predicted octanol–water partition coefficient (Wildman–Crippen LogP) is 5.36. The van der Waals surface area contributed by atoms with Crippen molar-refractivity contribution in [3.05, 3.63) is 71.8 Å². The van der Waals surface area contributed by atoms with Crippen LogP contribution in [-0.2, 0) is 9.53 Å². The maximum absolute atomic E-state index is 12.9. The molecule has 1 aliphatic rings. The summed E-state index contributed by atoms with van der Waals surface area (Å²) in [7, 11) is 0. The first kappa shape index (κ1) is 15.9. The van der Waals surface area contributed by atoms with Gasteiger partial charge in [0.1, 0.15) is 5.76 Å². The van der Waals surface area contributed by atoms with Crippen LogP contribution in [-0.4, -0.2) is 10.0 Å². The third-order valence-corrected chi connectivity index (χ3v) is 5.60. The van der Waals surface area contributed by atoms with Gasteiger partial charge in [-0.1, -0.05) is 74.5 Å². The second kappa shape index (κ2) is 6.63. The summed E-state index contributed by atoms with van der Waals surface area (Å²) in [5, 5.41) is 0.0880. The van der Waals surface area contributed by atoms with Gasteiger partial charge < -0.3 is 4.74 Å². The molecule has 0 aliphatic carbocycles. The summed E-state index contributed by atoms with van der Waals surface area (Å²) in [6, 6.07) is 19.7. The molecule has 2 aromatic carbocycles. The van der Waals surface area contributed by atoms with Gasteiger partial charge in [0.2, 0.25) is 5.12 Å². The summed E-state index contributed by atoms with van der Waals surface area (Å²) in [5.41, 5.74) is 2.52. The van der Waals surface area contributed by atoms with Gasteiger partial charge in [-0.3, -0.25) is 4.79 Å². The van der Waals surface area contributed by atoms with Crippen LogP contribution >= 0.6 is 11.8 Å². The van der Waals surface area contributed by atoms with Crippen molar-refractivity contribution >= 4 is 28.2 Å². The van der Waals surface area contributed by atoms with Crippen LogP contribution in [0.15, 0.2) is 60.7 Å². The summed E-state index contributed by atoms with van der Waals surface area (Å²) in [4.78, 5) is 12.5. The Morgan fingerprint density at radius 1 is 0.870 bits per heavy atom. The van der Waals surface area contributed by atoms with Crippen molar-refractivity contribution in [2.45, 2.75) is 31.6 Å². The molecule has 1 aliphatic heterocycles. The van der Waals surface area contributed by atoms with E-state index in [0.717, 1.165) is 24.0 Å². The largest absolute Gasteiger partial charge is 0.475 e. The minimum atomic E-state index is -0.472. The lowest BCUT2D eigenvalue weighted by Gasteiger charge is -2.37. The number of ether oxygens (including phenoxy) is 1. The van der Waals surface area contributed by atoms with Crippen LogP contribution in [0.4, 0.5) is 0 Å². The average molecular weight is 324 g/mol. The number of benzene rings is 2. The smallest absolute Gasteiger partial charge is 0.227 e. The van der Waals surface area contributed by atoms with E-state index >= 15 is 0 Å². The van der Waals surface area contributed by atoms with Crippen LogP contribution in [0.3, 0.4) is 0 Å². The topological polar surface area (TPSA) is 26.3 Å². The monoisotopic (exact) mass is 324 g/mol. The number of carbonyl (C=O) groups is 1. The van der Waals surface area contributed by atoms with Gasteiger partial charge in [0, 0.05) is 5.56 Å². The lowest BCUT2D eigenvalue weighted by Crippen LogP contribution is -2.32. The summed E-state index contributed by atoms with van der Waals surface area (Å²) >= 11 is 1.32. The number of carbonyl (C=O) groups excluding carboxylic acids is 1. The average Bonchev–Trinajstić information content (AvgIpc) is 2.62. The van der Waals surface area contributed by atoms with E-state index in [9.17, 15) is 4.79 Å². The zero-order valence-corrected chi connectivity index (χ0v) is 14.2. The third kappa shape index (κ3) is 3.06. The van der Waals surface area contributed by atoms with Crippen molar-refractivity contribution in [1.82, 2.24) is 0 Å². The van der Waals surface area contributed by atoms with Crippen molar-refractivity contribution < 1.29 is 9.53 Å². The van der Waals surface area contributed by atoms with Crippen LogP contribution in [0.1, 0.15) is 37.8 Å². The fraction of sp³-hybridized carbons (Fsp3) is 0.250. The number of hydrogen-bond donors (Lipinski definition) is 0. The van der Waals surface area contributed by atoms with E-state index in [2.05, 4.69) is 13.8 Å². The maximum atomic E-state index is 12.9. The fourth-order valence-electron chi connectivity index (χ4n) is 2.76. The molecule has 118 valence electrons. The van der Waals surface area contributed by atoms with Crippen molar-refractivity contribution in [2.75, 3.05) is 0 Å². The molecule has 0 unspecified atom stereocenters. The zero-order valence-electron chi connectivity index (χ0n) is 13.4. The van der Waals surface area contributed by atoms with Crippen LogP contribution < -0.4 is 0 Å². The lowest BCUT2D eigenvalue weighted by atomic mass is 10.0. The van der Waals surface area contributed by atoms with E-state index in [1.807, 2.05) is 60.7 Å². The molecule has 3 rings (SSSR count). The zero-order chi connectivity index (χ0) is 16.3. The number of rotatable bonds is 4. The molecule has 0 atom stereocenters. The molecule has 2 nitrogen and oxygen atoms in total. The van der Waals surface area contributed by atoms with Crippen molar-refractivity contribution in [3.8, 4) is 0 Å². The molecule has 0 bridgehead atoms. The molecular formula is C20H20O2S. The molecule has 0 spiro atoms. The minimum absolute atomic E-state index is 0.0880. The Morgan fingerprint density at radius 3 is 1.91 bits per heavy atom. The second-order valence-electron chi connectivity index (χ2n) is 5.55. The van der Waals surface area contributed by atoms with E-state index in [1.54, 1.807) is 0 Å². The normalized spacial score (nSPS) is 17.0. The molecular weight excluding hydrogens is 304 g/mol. The second-order valence-corrected chi connectivity index (χ2v) is 6.86. The van der Waals surface area contributed by atoms with Gasteiger partial charge >= 0.3 is 0 Å². The summed E-state index contributed by atoms with van der Waals surface area (Å²) in [5.74, 6) is 0.698. The van der Waals surface area contributed by atoms with Crippen molar-refractivity contribution in [1.29, 1.82) is 0 Å². The molecule has 3 heteroatoms. The fourth-order valence-corrected chi connectivity index (χ4v) is 3.82. The Hall–Kier alpha value is -2.00. The third-order valence-electron chi connectivity index (χ3n) is 4.17. The lowest BCUT2D eigenvalue weighted by molar-refractivity contribution is -0.106. The molecule has 2 aromatic rings. The molecule has 1 heterocycles. The van der Waals surface area contributed by atoms with Crippen LogP contribution in [0.25, 0.3) is 11.3 Å². The van der Waals surface area contributed by atoms with Gasteiger partial charge in [-0.2, -0.15) is 0 Å². The van der Waals surface area contributed by atoms with Gasteiger partial charge in [-0.05, 0) is 30.2 Å². The highest BCUT2D eigenvalue weighted by Gasteiger charge is 2.40. The predicted molar refractivity (Wildman–Crippen MR) is 96.7 cm³/mol. The molecule has 0 N–H and O–H groups in total. The first-order valence-corrected chi connectivity index (χ1v) is 8.78. The molecule has 0 saturated carbocycles. The van der Waals surface area contributed by atoms with Crippen LogP contribution in [0.2, 0.25) is 0 Å². The SMILES string of the molecule is CCC1(CC)OC(c2ccccc2)=C(c2ccccc2)C(=O)S1. The molecule has 0 aromatic heterocycles. The molecule has 0 amide bonds.